The number of nitroso groups, excluding NO2 is 2. The molecule has 2 aromatic rings. The van der Waals surface area contributed by atoms with Crippen molar-refractivity contribution in [2.45, 2.75) is 0 Å². The molecule has 0 aliphatic rings. The summed E-state index contributed by atoms with van der Waals surface area (Å²) in [5, 5.41) is 23.9. The zero-order valence-corrected chi connectivity index (χ0v) is 15.9. The van der Waals surface area contributed by atoms with Crippen molar-refractivity contribution in [1.29, 1.82) is 0 Å². The van der Waals surface area contributed by atoms with Gasteiger partial charge in [0.2, 0.25) is 0 Å². The number of carbonyl (C=O) groups excluding carboxylic acids is 1. The Morgan fingerprint density at radius 1 is 1.00 bits per heavy atom. The minimum Gasteiger partial charge on any atom is -0.504 e. The lowest BCUT2D eigenvalue weighted by Crippen LogP contribution is -2.00. The van der Waals surface area contributed by atoms with E-state index in [0.717, 1.165) is 6.08 Å². The summed E-state index contributed by atoms with van der Waals surface area (Å²) < 4.78 is 10.1. The van der Waals surface area contributed by atoms with Gasteiger partial charge in [-0.05, 0) is 52.7 Å². The second-order valence-corrected chi connectivity index (χ2v) is 5.77. The molecule has 154 valence electrons. The number of carboxylic acids is 1. The number of carbonyl (C=O) groups is 2. The number of hydrogen-bond acceptors (Lipinski definition) is 8. The van der Waals surface area contributed by atoms with Gasteiger partial charge in [0.05, 0.1) is 19.8 Å². The summed E-state index contributed by atoms with van der Waals surface area (Å²) in [6.07, 6.45) is 3.31. The van der Waals surface area contributed by atoms with Crippen LogP contribution in [0.1, 0.15) is 16.7 Å². The van der Waals surface area contributed by atoms with E-state index in [1.165, 1.54) is 56.7 Å². The van der Waals surface area contributed by atoms with E-state index in [1.54, 1.807) is 0 Å². The fraction of sp³-hybridized carbons (Fsp3) is 0.100. The molecule has 0 atom stereocenters. The van der Waals surface area contributed by atoms with E-state index in [9.17, 15) is 24.5 Å². The van der Waals surface area contributed by atoms with Crippen LogP contribution in [0, 0.1) is 9.81 Å². The van der Waals surface area contributed by atoms with Crippen molar-refractivity contribution in [3.8, 4) is 17.2 Å². The number of phenols is 1. The molecule has 0 unspecified atom stereocenters. The summed E-state index contributed by atoms with van der Waals surface area (Å²) in [4.78, 5) is 45.5. The fourth-order valence-electron chi connectivity index (χ4n) is 2.60. The molecule has 10 nitrogen and oxygen atoms in total. The van der Waals surface area contributed by atoms with E-state index in [-0.39, 0.29) is 39.6 Å². The van der Waals surface area contributed by atoms with Crippen LogP contribution in [-0.4, -0.2) is 36.3 Å². The van der Waals surface area contributed by atoms with Gasteiger partial charge in [-0.3, -0.25) is 4.79 Å². The van der Waals surface area contributed by atoms with E-state index in [2.05, 4.69) is 10.4 Å². The van der Waals surface area contributed by atoms with Gasteiger partial charge in [-0.25, -0.2) is 4.79 Å². The highest BCUT2D eigenvalue weighted by molar-refractivity contribution is 6.26. The van der Waals surface area contributed by atoms with Crippen LogP contribution in [0.4, 0.5) is 5.69 Å². The molecule has 0 aliphatic heterocycles. The molecule has 0 saturated heterocycles. The lowest BCUT2D eigenvalue weighted by molar-refractivity contribution is -0.131. The molecule has 30 heavy (non-hydrogen) atoms. The average Bonchev–Trinajstić information content (AvgIpc) is 2.75. The Kier molecular flexibility index (Phi) is 7.12. The molecule has 0 aliphatic carbocycles. The van der Waals surface area contributed by atoms with E-state index in [1.807, 2.05) is 0 Å². The van der Waals surface area contributed by atoms with Gasteiger partial charge >= 0.3 is 11.9 Å². The van der Waals surface area contributed by atoms with Gasteiger partial charge in [0.15, 0.2) is 17.2 Å². The summed E-state index contributed by atoms with van der Waals surface area (Å²) in [5.74, 6) is -2.49. The van der Waals surface area contributed by atoms with Crippen LogP contribution in [-0.2, 0) is 9.59 Å². The summed E-state index contributed by atoms with van der Waals surface area (Å²) in [6, 6.07) is 6.79. The smallest absolute Gasteiger partial charge is 0.328 e. The predicted molar refractivity (Wildman–Crippen MR) is 108 cm³/mol. The zero-order chi connectivity index (χ0) is 22.3. The number of rotatable bonds is 8. The van der Waals surface area contributed by atoms with Gasteiger partial charge in [-0.1, -0.05) is 6.07 Å². The highest BCUT2D eigenvalue weighted by atomic mass is 16.5. The molecule has 0 fully saturated rings. The normalized spacial score (nSPS) is 11.2. The Morgan fingerprint density at radius 3 is 2.23 bits per heavy atom. The van der Waals surface area contributed by atoms with Crippen molar-refractivity contribution in [2.24, 2.45) is 10.4 Å². The Morgan fingerprint density at radius 2 is 1.67 bits per heavy atom. The topological polar surface area (TPSA) is 152 Å². The van der Waals surface area contributed by atoms with Crippen molar-refractivity contribution >= 4 is 35.3 Å². The molecular formula is C20H16N2O8. The van der Waals surface area contributed by atoms with Crippen molar-refractivity contribution in [3.05, 3.63) is 62.9 Å². The molecule has 0 saturated carbocycles. The first-order valence-corrected chi connectivity index (χ1v) is 8.27. The van der Waals surface area contributed by atoms with Crippen LogP contribution in [0.25, 0.3) is 17.7 Å². The second kappa shape index (κ2) is 9.73. The van der Waals surface area contributed by atoms with Gasteiger partial charge in [0.1, 0.15) is 5.75 Å². The number of benzene rings is 2. The van der Waals surface area contributed by atoms with Crippen LogP contribution in [0.3, 0.4) is 0 Å². The quantitative estimate of drug-likeness (QED) is 0.378. The van der Waals surface area contributed by atoms with Crippen molar-refractivity contribution in [3.63, 3.8) is 0 Å². The highest BCUT2D eigenvalue weighted by Gasteiger charge is 2.21. The van der Waals surface area contributed by atoms with Crippen LogP contribution in [0.2, 0.25) is 0 Å². The van der Waals surface area contributed by atoms with Gasteiger partial charge in [0, 0.05) is 16.8 Å². The van der Waals surface area contributed by atoms with Gasteiger partial charge in [-0.15, -0.1) is 9.81 Å². The Bertz CT molecular complexity index is 1070. The number of aliphatic carboxylic acids is 1. The molecule has 2 rings (SSSR count). The summed E-state index contributed by atoms with van der Waals surface area (Å²) in [5.41, 5.74) is -0.0512. The largest absolute Gasteiger partial charge is 0.504 e. The molecule has 0 radical (unpaired) electrons. The number of hydrogen-bond donors (Lipinski definition) is 2. The third-order valence-electron chi connectivity index (χ3n) is 3.95. The fourth-order valence-corrected chi connectivity index (χ4v) is 2.60. The molecular weight excluding hydrogens is 396 g/mol. The van der Waals surface area contributed by atoms with Crippen LogP contribution in [0.5, 0.6) is 17.2 Å². The molecule has 0 heterocycles. The molecule has 0 spiro atoms. The van der Waals surface area contributed by atoms with Crippen molar-refractivity contribution < 1.29 is 29.3 Å². The number of methoxy groups -OCH3 is 2. The lowest BCUT2D eigenvalue weighted by Gasteiger charge is -2.11. The number of nitrogens with zero attached hydrogens (tertiary/aromatic N) is 2. The minimum atomic E-state index is -1.22. The minimum absolute atomic E-state index is 0.0413. The highest BCUT2D eigenvalue weighted by Crippen LogP contribution is 2.39. The SMILES string of the molecule is COc1cc(/C=C(/C(=O)N=O)c2cc(/C=C/C(=O)O)cc(OC)c2N=O)ccc1O. The Hall–Kier alpha value is -4.34. The maximum Gasteiger partial charge on any atom is 0.328 e. The van der Waals surface area contributed by atoms with E-state index in [4.69, 9.17) is 14.6 Å². The van der Waals surface area contributed by atoms with Gasteiger partial charge in [-0.2, -0.15) is 0 Å². The second-order valence-electron chi connectivity index (χ2n) is 5.77. The average molecular weight is 412 g/mol. The van der Waals surface area contributed by atoms with E-state index < -0.39 is 11.9 Å². The van der Waals surface area contributed by atoms with E-state index >= 15 is 0 Å². The number of amides is 1. The maximum atomic E-state index is 12.3. The maximum absolute atomic E-state index is 12.3. The first-order chi connectivity index (χ1) is 14.3. The zero-order valence-electron chi connectivity index (χ0n) is 15.9. The van der Waals surface area contributed by atoms with Gasteiger partial charge < -0.3 is 19.7 Å². The van der Waals surface area contributed by atoms with Crippen LogP contribution in [0.15, 0.2) is 46.8 Å². The molecule has 2 aromatic carbocycles. The molecule has 0 bridgehead atoms. The summed E-state index contributed by atoms with van der Waals surface area (Å²) in [6.45, 7) is 0. The monoisotopic (exact) mass is 412 g/mol. The standard InChI is InChI=1S/C20H16N2O8/c1-29-16-9-11(3-5-15(16)23)8-14(20(26)22-28)13-7-12(4-6-18(24)25)10-17(30-2)19(13)21-27/h3-10,23H,1-2H3,(H,24,25)/b6-4+,14-8+. The van der Waals surface area contributed by atoms with Gasteiger partial charge in [0.25, 0.3) is 0 Å². The van der Waals surface area contributed by atoms with Crippen LogP contribution < -0.4 is 9.47 Å². The van der Waals surface area contributed by atoms with Crippen molar-refractivity contribution in [1.82, 2.24) is 0 Å². The number of carboxylic acid groups (broad SMARTS) is 1. The Balaban J connectivity index is 2.79. The number of aromatic hydroxyl groups is 1. The number of phenolic OH excluding ortho intramolecular Hbond substituents is 1. The summed E-state index contributed by atoms with van der Waals surface area (Å²) >= 11 is 0. The molecule has 2 N–H and O–H groups in total. The first-order valence-electron chi connectivity index (χ1n) is 8.27. The molecule has 10 heteroatoms. The molecule has 1 amide bonds. The summed E-state index contributed by atoms with van der Waals surface area (Å²) in [7, 11) is 2.59. The third-order valence-corrected chi connectivity index (χ3v) is 3.95. The predicted octanol–water partition coefficient (Wildman–Crippen LogP) is 3.74. The first kappa shape index (κ1) is 22.0. The van der Waals surface area contributed by atoms with Crippen LogP contribution >= 0.6 is 0 Å². The lowest BCUT2D eigenvalue weighted by atomic mass is 9.97. The Labute approximate surface area is 170 Å². The van der Waals surface area contributed by atoms with Crippen molar-refractivity contribution in [2.75, 3.05) is 14.2 Å². The molecule has 0 aromatic heterocycles. The third kappa shape index (κ3) is 4.93. The van der Waals surface area contributed by atoms with E-state index in [0.29, 0.717) is 5.56 Å². The number of ether oxygens (including phenoxy) is 2.